The molecule has 0 aliphatic carbocycles. The minimum absolute atomic E-state index is 0. The number of quaternary nitrogens is 1. The number of aromatic carboxylic acids is 1. The molecule has 40 heavy (non-hydrogen) atoms. The Kier molecular flexibility index (Phi) is 9.99. The Labute approximate surface area is 273 Å². The normalized spacial score (nSPS) is 12.1. The number of carboxylic acids is 2. The van der Waals surface area contributed by atoms with Gasteiger partial charge in [0.2, 0.25) is 0 Å². The Balaban J connectivity index is 0.00000441. The third kappa shape index (κ3) is 7.01. The number of phenolic OH excluding ortho intramolecular Hbond substituents is 1. The Bertz CT molecular complexity index is 1610. The van der Waals surface area contributed by atoms with Gasteiger partial charge in [0.25, 0.3) is 0 Å². The first-order valence-corrected chi connectivity index (χ1v) is 12.3. The minimum Gasteiger partial charge on any atom is -0.550 e. The molecule has 0 heterocycles. The number of rotatable bonds is 9. The Hall–Kier alpha value is -2.99. The minimum atomic E-state index is -1.55. The van der Waals surface area contributed by atoms with Crippen LogP contribution in [0.2, 0.25) is 0 Å². The number of esters is 1. The maximum absolute atomic E-state index is 13.3. The van der Waals surface area contributed by atoms with Gasteiger partial charge in [0, 0.05) is 35.5 Å². The van der Waals surface area contributed by atoms with E-state index >= 15 is 0 Å². The van der Waals surface area contributed by atoms with Crippen molar-refractivity contribution >= 4 is 39.5 Å². The first-order valence-electron chi connectivity index (χ1n) is 12.3. The molecule has 4 aromatic carbocycles. The van der Waals surface area contributed by atoms with Gasteiger partial charge < -0.3 is 39.2 Å². The maximum Gasteiger partial charge on any atom is 1.00 e. The van der Waals surface area contributed by atoms with E-state index < -0.39 is 47.5 Å². The van der Waals surface area contributed by atoms with Crippen LogP contribution in [0.5, 0.6) is 11.5 Å². The van der Waals surface area contributed by atoms with Gasteiger partial charge in [0.05, 0.1) is 27.1 Å². The van der Waals surface area contributed by atoms with E-state index in [1.54, 1.807) is 48.5 Å². The first kappa shape index (κ1) is 31.5. The Morgan fingerprint density at radius 2 is 1.30 bits per heavy atom. The van der Waals surface area contributed by atoms with Crippen LogP contribution in [-0.2, 0) is 16.0 Å². The SMILES string of the molecule is C[N+](C)(C)C[C@@H](CC(=O)[O-])OC(=O)c1cc2ccccc2c(Cc2c(O)c(C(=O)[O-])cc3ccccc23)c1O.[K+]. The number of carbonyl (C=O) groups is 3. The molecule has 0 aliphatic heterocycles. The number of nitrogens with zero attached hydrogens (tertiary/aromatic N) is 1. The third-order valence-corrected chi connectivity index (χ3v) is 6.47. The number of aromatic hydroxyl groups is 2. The van der Waals surface area contributed by atoms with E-state index in [1.807, 2.05) is 21.1 Å². The summed E-state index contributed by atoms with van der Waals surface area (Å²) in [6.07, 6.45) is -1.65. The van der Waals surface area contributed by atoms with Gasteiger partial charge in [-0.1, -0.05) is 48.5 Å². The largest absolute Gasteiger partial charge is 1.00 e. The number of phenols is 2. The number of carboxylic acid groups (broad SMARTS) is 2. The molecule has 10 heteroatoms. The molecule has 0 saturated heterocycles. The second-order valence-electron chi connectivity index (χ2n) is 10.5. The van der Waals surface area contributed by atoms with Crippen molar-refractivity contribution in [2.24, 2.45) is 0 Å². The second-order valence-corrected chi connectivity index (χ2v) is 10.5. The zero-order valence-electron chi connectivity index (χ0n) is 22.8. The van der Waals surface area contributed by atoms with Crippen LogP contribution in [0.3, 0.4) is 0 Å². The average Bonchev–Trinajstić information content (AvgIpc) is 2.84. The van der Waals surface area contributed by atoms with Crippen LogP contribution in [0.4, 0.5) is 0 Å². The topological polar surface area (TPSA) is 147 Å². The fourth-order valence-corrected chi connectivity index (χ4v) is 4.82. The molecule has 0 unspecified atom stereocenters. The molecule has 0 fully saturated rings. The van der Waals surface area contributed by atoms with E-state index in [4.69, 9.17) is 4.74 Å². The van der Waals surface area contributed by atoms with Crippen LogP contribution in [0.1, 0.15) is 38.3 Å². The summed E-state index contributed by atoms with van der Waals surface area (Å²) in [5.74, 6) is -4.76. The van der Waals surface area contributed by atoms with E-state index in [-0.39, 0.29) is 81.0 Å². The molecule has 202 valence electrons. The van der Waals surface area contributed by atoms with Crippen LogP contribution < -0.4 is 61.6 Å². The molecule has 0 aliphatic rings. The van der Waals surface area contributed by atoms with Gasteiger partial charge in [-0.15, -0.1) is 0 Å². The predicted molar refractivity (Wildman–Crippen MR) is 140 cm³/mol. The zero-order chi connectivity index (χ0) is 28.5. The van der Waals surface area contributed by atoms with Crippen LogP contribution in [-0.4, -0.2) is 66.4 Å². The van der Waals surface area contributed by atoms with Crippen LogP contribution in [0.15, 0.2) is 60.7 Å². The van der Waals surface area contributed by atoms with Crippen LogP contribution in [0.25, 0.3) is 21.5 Å². The standard InChI is InChI=1S/C30H29NO8.K/c1-31(2,3)16-19(14-26(32)33)39-30(38)25-13-18-9-5-7-11-21(18)23(28(25)35)15-22-20-10-6-4-8-17(20)12-24(27(22)34)29(36)37;/h4-13,19H,14-16H2,1-3H3,(H3-,32,33,34,35,36,37,38);/q;+1/p-1/t19-;/m1./s1. The summed E-state index contributed by atoms with van der Waals surface area (Å²) in [5.41, 5.74) is -0.0843. The van der Waals surface area contributed by atoms with Crippen molar-refractivity contribution in [1.82, 2.24) is 0 Å². The van der Waals surface area contributed by atoms with Crippen molar-refractivity contribution < 1.29 is 95.4 Å². The third-order valence-electron chi connectivity index (χ3n) is 6.47. The van der Waals surface area contributed by atoms with Crippen LogP contribution in [0, 0.1) is 0 Å². The Morgan fingerprint density at radius 1 is 0.825 bits per heavy atom. The molecule has 9 nitrogen and oxygen atoms in total. The summed E-state index contributed by atoms with van der Waals surface area (Å²) in [6, 6.07) is 16.6. The smallest absolute Gasteiger partial charge is 0.550 e. The van der Waals surface area contributed by atoms with Crippen LogP contribution >= 0.6 is 0 Å². The molecule has 0 bridgehead atoms. The molecule has 0 aromatic heterocycles. The van der Waals surface area contributed by atoms with Gasteiger partial charge >= 0.3 is 57.4 Å². The molecule has 0 saturated carbocycles. The molecule has 0 amide bonds. The summed E-state index contributed by atoms with van der Waals surface area (Å²) in [5, 5.41) is 47.6. The number of hydrogen-bond donors (Lipinski definition) is 2. The second kappa shape index (κ2) is 12.7. The predicted octanol–water partition coefficient (Wildman–Crippen LogP) is -1.27. The van der Waals surface area contributed by atoms with Crippen molar-refractivity contribution in [3.05, 3.63) is 82.9 Å². The van der Waals surface area contributed by atoms with Crippen molar-refractivity contribution in [2.75, 3.05) is 27.7 Å². The van der Waals surface area contributed by atoms with Gasteiger partial charge in [0.15, 0.2) is 6.10 Å². The fraction of sp³-hybridized carbons (Fsp3) is 0.233. The molecule has 1 atom stereocenters. The van der Waals surface area contributed by atoms with E-state index in [1.165, 1.54) is 12.1 Å². The first-order chi connectivity index (χ1) is 18.4. The van der Waals surface area contributed by atoms with Gasteiger partial charge in [0.1, 0.15) is 23.6 Å². The van der Waals surface area contributed by atoms with Crippen molar-refractivity contribution in [1.29, 1.82) is 0 Å². The molecule has 0 spiro atoms. The summed E-state index contributed by atoms with van der Waals surface area (Å²) in [7, 11) is 5.46. The fourth-order valence-electron chi connectivity index (χ4n) is 4.82. The maximum atomic E-state index is 13.3. The molecular weight excluding hydrogens is 541 g/mol. The van der Waals surface area contributed by atoms with Gasteiger partial charge in [-0.3, -0.25) is 0 Å². The monoisotopic (exact) mass is 569 g/mol. The van der Waals surface area contributed by atoms with Crippen molar-refractivity contribution in [3.8, 4) is 11.5 Å². The van der Waals surface area contributed by atoms with Gasteiger partial charge in [-0.2, -0.15) is 0 Å². The molecule has 4 rings (SSSR count). The summed E-state index contributed by atoms with van der Waals surface area (Å²) in [6.45, 7) is 0.191. The number of carbonyl (C=O) groups excluding carboxylic acids is 3. The van der Waals surface area contributed by atoms with E-state index in [0.717, 1.165) is 0 Å². The van der Waals surface area contributed by atoms with E-state index in [9.17, 15) is 34.8 Å². The van der Waals surface area contributed by atoms with Crippen molar-refractivity contribution in [2.45, 2.75) is 18.9 Å². The van der Waals surface area contributed by atoms with Crippen molar-refractivity contribution in [3.63, 3.8) is 0 Å². The quantitative estimate of drug-likeness (QED) is 0.144. The summed E-state index contributed by atoms with van der Waals surface area (Å²) in [4.78, 5) is 36.3. The summed E-state index contributed by atoms with van der Waals surface area (Å²) < 4.78 is 5.85. The van der Waals surface area contributed by atoms with Gasteiger partial charge in [-0.05, 0) is 33.7 Å². The van der Waals surface area contributed by atoms with Gasteiger partial charge in [-0.25, -0.2) is 4.79 Å². The molecule has 0 radical (unpaired) electrons. The number of likely N-dealkylation sites (N-methyl/N-ethyl adjacent to an activating group) is 1. The number of hydrogen-bond acceptors (Lipinski definition) is 8. The molecular formula is C30H28KNO8. The average molecular weight is 570 g/mol. The number of fused-ring (bicyclic) bond motifs is 2. The number of ether oxygens (including phenoxy) is 1. The summed E-state index contributed by atoms with van der Waals surface area (Å²) >= 11 is 0. The Morgan fingerprint density at radius 3 is 1.77 bits per heavy atom. The number of benzene rings is 4. The zero-order valence-corrected chi connectivity index (χ0v) is 25.9. The van der Waals surface area contributed by atoms with E-state index in [0.29, 0.717) is 26.0 Å². The molecule has 4 aromatic rings. The molecule has 2 N–H and O–H groups in total. The van der Waals surface area contributed by atoms with E-state index in [2.05, 4.69) is 0 Å². The number of aliphatic carboxylic acids is 1.